The number of rotatable bonds is 8. The average molecular weight is 379 g/mol. The first-order chi connectivity index (χ1) is 13.5. The van der Waals surface area contributed by atoms with E-state index in [1.54, 1.807) is 0 Å². The van der Waals surface area contributed by atoms with Gasteiger partial charge in [0.1, 0.15) is 0 Å². The van der Waals surface area contributed by atoms with E-state index in [4.69, 9.17) is 0 Å². The summed E-state index contributed by atoms with van der Waals surface area (Å²) in [6.45, 7) is 14.0. The average Bonchev–Trinajstić information content (AvgIpc) is 2.66. The third-order valence-corrected chi connectivity index (χ3v) is 5.87. The van der Waals surface area contributed by atoms with E-state index in [-0.39, 0.29) is 0 Å². The number of nitrogens with zero attached hydrogens (tertiary/aromatic N) is 2. The minimum atomic E-state index is 0.632. The highest BCUT2D eigenvalue weighted by atomic mass is 15.3. The monoisotopic (exact) mass is 378 g/mol. The van der Waals surface area contributed by atoms with Crippen molar-refractivity contribution in [1.29, 1.82) is 0 Å². The van der Waals surface area contributed by atoms with E-state index in [1.807, 2.05) is 0 Å². The molecule has 3 rings (SSSR count). The van der Waals surface area contributed by atoms with Crippen LogP contribution in [0.4, 0.5) is 0 Å². The van der Waals surface area contributed by atoms with Gasteiger partial charge in [0.15, 0.2) is 0 Å². The lowest BCUT2D eigenvalue weighted by Crippen LogP contribution is -2.58. The fourth-order valence-corrected chi connectivity index (χ4v) is 4.63. The summed E-state index contributed by atoms with van der Waals surface area (Å²) in [6, 6.07) is 23.3. The van der Waals surface area contributed by atoms with E-state index in [0.717, 1.165) is 24.9 Å². The van der Waals surface area contributed by atoms with Gasteiger partial charge < -0.3 is 0 Å². The first-order valence-corrected chi connectivity index (χ1v) is 11.1. The molecular weight excluding hydrogens is 340 g/mol. The van der Waals surface area contributed by atoms with Crippen LogP contribution in [0.1, 0.15) is 51.7 Å². The third kappa shape index (κ3) is 6.18. The van der Waals surface area contributed by atoms with Gasteiger partial charge in [-0.2, -0.15) is 0 Å². The molecule has 2 heteroatoms. The Morgan fingerprint density at radius 3 is 1.32 bits per heavy atom. The van der Waals surface area contributed by atoms with E-state index in [1.165, 1.54) is 37.1 Å². The zero-order valence-electron chi connectivity index (χ0n) is 18.2. The standard InChI is InChI=1S/C26H38N2/c1-21(2)15-25-19-28(18-24-13-9-6-10-14-24)26(16-22(3)4)20-27(25)17-23-11-7-5-8-12-23/h5-14,21-22,25-26H,15-20H2,1-4H3/t25-,26+. The zero-order chi connectivity index (χ0) is 19.9. The molecule has 0 aromatic heterocycles. The van der Waals surface area contributed by atoms with Crippen LogP contribution in [0.2, 0.25) is 0 Å². The van der Waals surface area contributed by atoms with Crippen LogP contribution in [0, 0.1) is 11.8 Å². The van der Waals surface area contributed by atoms with Gasteiger partial charge in [-0.05, 0) is 35.8 Å². The first-order valence-electron chi connectivity index (χ1n) is 11.1. The van der Waals surface area contributed by atoms with Crippen molar-refractivity contribution in [2.75, 3.05) is 13.1 Å². The Bertz CT molecular complexity index is 619. The summed E-state index contributed by atoms with van der Waals surface area (Å²) in [4.78, 5) is 5.54. The Kier molecular flexibility index (Phi) is 7.70. The second-order valence-electron chi connectivity index (χ2n) is 9.40. The molecule has 28 heavy (non-hydrogen) atoms. The molecule has 152 valence electrons. The molecule has 0 radical (unpaired) electrons. The molecule has 0 saturated carbocycles. The van der Waals surface area contributed by atoms with Crippen LogP contribution in [-0.2, 0) is 13.1 Å². The third-order valence-electron chi connectivity index (χ3n) is 5.87. The largest absolute Gasteiger partial charge is 0.293 e. The van der Waals surface area contributed by atoms with E-state index >= 15 is 0 Å². The molecule has 2 nitrogen and oxygen atoms in total. The summed E-state index contributed by atoms with van der Waals surface area (Å²) in [5.74, 6) is 1.45. The smallest absolute Gasteiger partial charge is 0.0237 e. The minimum Gasteiger partial charge on any atom is -0.293 e. The molecule has 0 bridgehead atoms. The Morgan fingerprint density at radius 2 is 1.00 bits per heavy atom. The van der Waals surface area contributed by atoms with Crippen molar-refractivity contribution in [2.24, 2.45) is 11.8 Å². The minimum absolute atomic E-state index is 0.632. The summed E-state index contributed by atoms with van der Waals surface area (Å²) < 4.78 is 0. The van der Waals surface area contributed by atoms with Crippen molar-refractivity contribution in [3.05, 3.63) is 71.8 Å². The van der Waals surface area contributed by atoms with Gasteiger partial charge >= 0.3 is 0 Å². The van der Waals surface area contributed by atoms with E-state index in [2.05, 4.69) is 98.2 Å². The Hall–Kier alpha value is -1.64. The first kappa shape index (κ1) is 21.1. The number of hydrogen-bond donors (Lipinski definition) is 0. The van der Waals surface area contributed by atoms with Crippen molar-refractivity contribution in [2.45, 2.75) is 65.7 Å². The highest BCUT2D eigenvalue weighted by Gasteiger charge is 2.34. The SMILES string of the molecule is CC(C)C[C@@H]1CN(Cc2ccccc2)[C@@H](CC(C)C)CN1Cc1ccccc1. The lowest BCUT2D eigenvalue weighted by molar-refractivity contribution is 0.00255. The van der Waals surface area contributed by atoms with Gasteiger partial charge in [-0.3, -0.25) is 9.80 Å². The topological polar surface area (TPSA) is 6.48 Å². The fourth-order valence-electron chi connectivity index (χ4n) is 4.63. The second kappa shape index (κ2) is 10.2. The van der Waals surface area contributed by atoms with Crippen LogP contribution in [-0.4, -0.2) is 35.0 Å². The van der Waals surface area contributed by atoms with Crippen molar-refractivity contribution in [3.63, 3.8) is 0 Å². The van der Waals surface area contributed by atoms with E-state index < -0.39 is 0 Å². The maximum atomic E-state index is 2.77. The van der Waals surface area contributed by atoms with Crippen LogP contribution in [0.25, 0.3) is 0 Å². The van der Waals surface area contributed by atoms with E-state index in [0.29, 0.717) is 12.1 Å². The molecular formula is C26H38N2. The highest BCUT2D eigenvalue weighted by Crippen LogP contribution is 2.27. The molecule has 0 spiro atoms. The fraction of sp³-hybridized carbons (Fsp3) is 0.538. The molecule has 2 atom stereocenters. The Balaban J connectivity index is 1.79. The van der Waals surface area contributed by atoms with Crippen molar-refractivity contribution in [1.82, 2.24) is 9.80 Å². The maximum absolute atomic E-state index is 2.77. The molecule has 1 aliphatic rings. The van der Waals surface area contributed by atoms with Crippen LogP contribution in [0.5, 0.6) is 0 Å². The van der Waals surface area contributed by atoms with Crippen LogP contribution in [0.3, 0.4) is 0 Å². The molecule has 0 unspecified atom stereocenters. The molecule has 1 heterocycles. The van der Waals surface area contributed by atoms with Crippen molar-refractivity contribution >= 4 is 0 Å². The lowest BCUT2D eigenvalue weighted by Gasteiger charge is -2.48. The van der Waals surface area contributed by atoms with E-state index in [9.17, 15) is 0 Å². The van der Waals surface area contributed by atoms with Gasteiger partial charge in [0.05, 0.1) is 0 Å². The Labute approximate surface area is 172 Å². The van der Waals surface area contributed by atoms with Crippen molar-refractivity contribution < 1.29 is 0 Å². The van der Waals surface area contributed by atoms with Gasteiger partial charge in [0.25, 0.3) is 0 Å². The van der Waals surface area contributed by atoms with Gasteiger partial charge in [-0.25, -0.2) is 0 Å². The molecule has 2 aromatic rings. The van der Waals surface area contributed by atoms with Crippen LogP contribution < -0.4 is 0 Å². The summed E-state index contributed by atoms with van der Waals surface area (Å²) in [5.41, 5.74) is 2.88. The quantitative estimate of drug-likeness (QED) is 0.570. The van der Waals surface area contributed by atoms with Gasteiger partial charge in [-0.15, -0.1) is 0 Å². The summed E-state index contributed by atoms with van der Waals surface area (Å²) in [6.07, 6.45) is 2.54. The predicted molar refractivity (Wildman–Crippen MR) is 120 cm³/mol. The molecule has 1 aliphatic heterocycles. The molecule has 0 aliphatic carbocycles. The molecule has 0 amide bonds. The second-order valence-corrected chi connectivity index (χ2v) is 9.40. The van der Waals surface area contributed by atoms with Gasteiger partial charge in [-0.1, -0.05) is 88.4 Å². The van der Waals surface area contributed by atoms with Crippen molar-refractivity contribution in [3.8, 4) is 0 Å². The molecule has 1 fully saturated rings. The number of hydrogen-bond acceptors (Lipinski definition) is 2. The lowest BCUT2D eigenvalue weighted by atomic mass is 9.93. The molecule has 1 saturated heterocycles. The van der Waals surface area contributed by atoms with Crippen LogP contribution in [0.15, 0.2) is 60.7 Å². The molecule has 2 aromatic carbocycles. The molecule has 0 N–H and O–H groups in total. The normalized spacial score (nSPS) is 21.5. The summed E-state index contributed by atoms with van der Waals surface area (Å²) in [5, 5.41) is 0. The highest BCUT2D eigenvalue weighted by molar-refractivity contribution is 5.16. The Morgan fingerprint density at radius 1 is 0.643 bits per heavy atom. The summed E-state index contributed by atoms with van der Waals surface area (Å²) >= 11 is 0. The zero-order valence-corrected chi connectivity index (χ0v) is 18.2. The number of piperazine rings is 1. The predicted octanol–water partition coefficient (Wildman–Crippen LogP) is 5.83. The van der Waals surface area contributed by atoms with Gasteiger partial charge in [0, 0.05) is 38.3 Å². The number of benzene rings is 2. The van der Waals surface area contributed by atoms with Gasteiger partial charge in [0.2, 0.25) is 0 Å². The maximum Gasteiger partial charge on any atom is 0.0237 e. The summed E-state index contributed by atoms with van der Waals surface area (Å²) in [7, 11) is 0. The van der Waals surface area contributed by atoms with Crippen LogP contribution >= 0.6 is 0 Å².